The number of benzene rings is 2. The predicted octanol–water partition coefficient (Wildman–Crippen LogP) is 1.09. The van der Waals surface area contributed by atoms with Crippen molar-refractivity contribution < 1.29 is 24.8 Å². The van der Waals surface area contributed by atoms with Crippen LogP contribution in [0.5, 0.6) is 5.75 Å². The summed E-state index contributed by atoms with van der Waals surface area (Å²) in [6, 6.07) is 13.9. The van der Waals surface area contributed by atoms with E-state index in [0.717, 1.165) is 5.56 Å². The number of carboxylic acid groups (broad SMARTS) is 1. The Morgan fingerprint density at radius 2 is 1.95 bits per heavy atom. The monoisotopic (exact) mass is 299 g/mol. The number of carboxylic acids is 1. The van der Waals surface area contributed by atoms with Crippen molar-refractivity contribution in [3.8, 4) is 5.75 Å². The molecule has 0 atom stereocenters. The molecule has 0 unspecified atom stereocenters. The lowest BCUT2D eigenvalue weighted by molar-refractivity contribution is -0.130. The molecule has 0 amide bonds. The molecule has 22 heavy (non-hydrogen) atoms. The second-order valence-corrected chi connectivity index (χ2v) is 4.39. The van der Waals surface area contributed by atoms with Gasteiger partial charge in [0.05, 0.1) is 5.56 Å². The highest BCUT2D eigenvalue weighted by molar-refractivity contribution is 5.98. The number of hydrogen-bond acceptors (Lipinski definition) is 4. The number of aromatic carboxylic acids is 1. The first-order valence-electron chi connectivity index (χ1n) is 6.44. The van der Waals surface area contributed by atoms with Crippen LogP contribution in [0.2, 0.25) is 0 Å². The molecule has 2 aromatic carbocycles. The zero-order valence-corrected chi connectivity index (χ0v) is 11.7. The first kappa shape index (κ1) is 15.2. The van der Waals surface area contributed by atoms with Crippen LogP contribution in [0.1, 0.15) is 21.5 Å². The predicted molar refractivity (Wildman–Crippen MR) is 80.1 cm³/mol. The van der Waals surface area contributed by atoms with Gasteiger partial charge in [0.1, 0.15) is 17.9 Å². The molecule has 6 heteroatoms. The van der Waals surface area contributed by atoms with Crippen molar-refractivity contribution in [2.45, 2.75) is 6.61 Å². The zero-order chi connectivity index (χ0) is 15.9. The third kappa shape index (κ3) is 3.69. The quantitative estimate of drug-likeness (QED) is 0.548. The van der Waals surface area contributed by atoms with Crippen LogP contribution in [0.3, 0.4) is 0 Å². The summed E-state index contributed by atoms with van der Waals surface area (Å²) in [4.78, 5) is 11.4. The molecule has 0 aliphatic rings. The molecular formula is C16H15N2O4+. The van der Waals surface area contributed by atoms with Crippen molar-refractivity contribution in [1.29, 1.82) is 5.41 Å². The second kappa shape index (κ2) is 7.03. The topological polar surface area (TPSA) is 105 Å². The van der Waals surface area contributed by atoms with E-state index >= 15 is 0 Å². The van der Waals surface area contributed by atoms with Crippen molar-refractivity contribution >= 4 is 18.3 Å². The van der Waals surface area contributed by atoms with Gasteiger partial charge in [-0.25, -0.2) is 10.2 Å². The van der Waals surface area contributed by atoms with Crippen LogP contribution in [0.15, 0.2) is 48.5 Å². The minimum Gasteiger partial charge on any atom is -0.488 e. The Hall–Kier alpha value is -3.15. The van der Waals surface area contributed by atoms with Crippen LogP contribution in [0, 0.1) is 5.41 Å². The molecule has 112 valence electrons. The molecule has 0 saturated carbocycles. The third-order valence-electron chi connectivity index (χ3n) is 2.92. The molecule has 0 aromatic heterocycles. The van der Waals surface area contributed by atoms with Crippen LogP contribution < -0.4 is 10.1 Å². The Morgan fingerprint density at radius 3 is 2.59 bits per heavy atom. The van der Waals surface area contributed by atoms with E-state index in [1.54, 1.807) is 6.07 Å². The number of carbonyl (C=O) groups is 1. The summed E-state index contributed by atoms with van der Waals surface area (Å²) in [5.74, 6) is -0.942. The fourth-order valence-electron chi connectivity index (χ4n) is 1.84. The van der Waals surface area contributed by atoms with Gasteiger partial charge < -0.3 is 14.6 Å². The van der Waals surface area contributed by atoms with Crippen molar-refractivity contribution in [1.82, 2.24) is 0 Å². The largest absolute Gasteiger partial charge is 0.488 e. The third-order valence-corrected chi connectivity index (χ3v) is 2.92. The molecule has 0 aliphatic heterocycles. The maximum atomic E-state index is 11.4. The summed E-state index contributed by atoms with van der Waals surface area (Å²) < 4.78 is 10.3. The lowest BCUT2D eigenvalue weighted by Gasteiger charge is -2.10. The average Bonchev–Trinajstić information content (AvgIpc) is 2.54. The van der Waals surface area contributed by atoms with E-state index in [0.29, 0.717) is 12.0 Å². The highest BCUT2D eigenvalue weighted by Crippen LogP contribution is 2.21. The summed E-state index contributed by atoms with van der Waals surface area (Å²) in [7, 11) is 0. The molecule has 4 N–H and O–H groups in total. The smallest absolute Gasteiger partial charge is 0.372 e. The van der Waals surface area contributed by atoms with Crippen LogP contribution in [0.25, 0.3) is 0 Å². The Labute approximate surface area is 127 Å². The molecule has 0 spiro atoms. The molecule has 0 heterocycles. The minimum absolute atomic E-state index is 0.0232. The lowest BCUT2D eigenvalue weighted by Crippen LogP contribution is -2.41. The number of nitrogens with one attached hydrogen (secondary N) is 1. The fraction of sp³-hybridized carbons (Fsp3) is 0.0625. The van der Waals surface area contributed by atoms with E-state index in [4.69, 9.17) is 20.3 Å². The molecule has 0 fully saturated rings. The van der Waals surface area contributed by atoms with Gasteiger partial charge in [-0.1, -0.05) is 30.3 Å². The van der Waals surface area contributed by atoms with Gasteiger partial charge in [0.25, 0.3) is 0 Å². The summed E-state index contributed by atoms with van der Waals surface area (Å²) in [6.45, 7) is 0.261. The molecule has 0 radical (unpaired) electrons. The lowest BCUT2D eigenvalue weighted by atomic mass is 10.1. The molecule has 2 rings (SSSR count). The van der Waals surface area contributed by atoms with Gasteiger partial charge >= 0.3 is 11.9 Å². The zero-order valence-electron chi connectivity index (χ0n) is 11.7. The first-order valence-corrected chi connectivity index (χ1v) is 6.44. The van der Waals surface area contributed by atoms with Crippen LogP contribution >= 0.6 is 0 Å². The Balaban J connectivity index is 2.22. The second-order valence-electron chi connectivity index (χ2n) is 4.39. The minimum atomic E-state index is -1.13. The van der Waals surface area contributed by atoms with Gasteiger partial charge in [-0.2, -0.15) is 0 Å². The number of hydrogen-bond donors (Lipinski definition) is 3. The van der Waals surface area contributed by atoms with E-state index in [9.17, 15) is 9.90 Å². The van der Waals surface area contributed by atoms with Gasteiger partial charge in [-0.3, -0.25) is 5.41 Å². The van der Waals surface area contributed by atoms with Gasteiger partial charge in [0.2, 0.25) is 0 Å². The Kier molecular flexibility index (Phi) is 4.87. The maximum absolute atomic E-state index is 11.4. The number of ether oxygens (including phenoxy) is 2. The SMILES string of the molecule is N=COC(=[NH2+])c1ccc(OCc2ccccc2)c(C(=O)O)c1. The summed E-state index contributed by atoms with van der Waals surface area (Å²) in [5, 5.41) is 21.7. The number of rotatable bonds is 6. The normalized spacial score (nSPS) is 9.82. The highest BCUT2D eigenvalue weighted by atomic mass is 16.5. The van der Waals surface area contributed by atoms with Gasteiger partial charge in [0.15, 0.2) is 6.40 Å². The van der Waals surface area contributed by atoms with Gasteiger partial charge in [0, 0.05) is 0 Å². The van der Waals surface area contributed by atoms with Crippen molar-refractivity contribution in [3.05, 3.63) is 65.2 Å². The van der Waals surface area contributed by atoms with Crippen molar-refractivity contribution in [2.75, 3.05) is 0 Å². The Morgan fingerprint density at radius 1 is 1.23 bits per heavy atom. The van der Waals surface area contributed by atoms with Gasteiger partial charge in [-0.15, -0.1) is 0 Å². The molecule has 0 saturated heterocycles. The van der Waals surface area contributed by atoms with E-state index in [1.165, 1.54) is 12.1 Å². The Bertz CT molecular complexity index is 699. The maximum Gasteiger partial charge on any atom is 0.372 e. The van der Waals surface area contributed by atoms with Crippen LogP contribution in [0.4, 0.5) is 0 Å². The molecule has 0 bridgehead atoms. The van der Waals surface area contributed by atoms with E-state index in [2.05, 4.69) is 0 Å². The molecule has 0 aliphatic carbocycles. The molecular weight excluding hydrogens is 284 g/mol. The first-order chi connectivity index (χ1) is 10.6. The summed E-state index contributed by atoms with van der Waals surface area (Å²) in [6.07, 6.45) is 0.676. The van der Waals surface area contributed by atoms with Crippen LogP contribution in [-0.4, -0.2) is 23.4 Å². The molecule has 6 nitrogen and oxygen atoms in total. The van der Waals surface area contributed by atoms with E-state index < -0.39 is 5.97 Å². The summed E-state index contributed by atoms with van der Waals surface area (Å²) >= 11 is 0. The molecule has 2 aromatic rings. The average molecular weight is 299 g/mol. The highest BCUT2D eigenvalue weighted by Gasteiger charge is 2.17. The van der Waals surface area contributed by atoms with Gasteiger partial charge in [-0.05, 0) is 23.8 Å². The van der Waals surface area contributed by atoms with Crippen molar-refractivity contribution in [2.24, 2.45) is 0 Å². The standard InChI is InChI=1S/C16H14N2O4/c17-10-22-15(18)12-6-7-14(13(8-12)16(19)20)21-9-11-4-2-1-3-5-11/h1-8,10,17-18H,9H2,(H,19,20)/p+1. The van der Waals surface area contributed by atoms with E-state index in [1.807, 2.05) is 30.3 Å². The van der Waals surface area contributed by atoms with Crippen molar-refractivity contribution in [3.63, 3.8) is 0 Å². The van der Waals surface area contributed by atoms with E-state index in [-0.39, 0.29) is 23.8 Å². The van der Waals surface area contributed by atoms with Crippen LogP contribution in [-0.2, 0) is 11.3 Å². The summed E-state index contributed by atoms with van der Waals surface area (Å²) in [5.41, 5.74) is 1.28. The number of nitrogens with two attached hydrogens (primary N) is 1. The fourth-order valence-corrected chi connectivity index (χ4v) is 1.84.